The maximum absolute atomic E-state index is 15.0. The van der Waals surface area contributed by atoms with Crippen LogP contribution in [0.15, 0.2) is 30.5 Å². The van der Waals surface area contributed by atoms with Crippen molar-refractivity contribution in [2.45, 2.75) is 51.7 Å². The monoisotopic (exact) mass is 464 g/mol. The van der Waals surface area contributed by atoms with Crippen LogP contribution in [0.2, 0.25) is 0 Å². The van der Waals surface area contributed by atoms with Crippen LogP contribution < -0.4 is 9.80 Å². The van der Waals surface area contributed by atoms with Crippen molar-refractivity contribution >= 4 is 34.6 Å². The molecule has 5 nitrogen and oxygen atoms in total. The number of carbonyl (C=O) groups is 1. The molecule has 0 saturated carbocycles. The predicted octanol–water partition coefficient (Wildman–Crippen LogP) is 5.33. The molecule has 168 valence electrons. The second-order valence-corrected chi connectivity index (χ2v) is 9.27. The molecule has 1 saturated heterocycles. The van der Waals surface area contributed by atoms with Crippen LogP contribution in [0.25, 0.3) is 0 Å². The number of pyridine rings is 1. The van der Waals surface area contributed by atoms with E-state index in [0.717, 1.165) is 22.7 Å². The van der Waals surface area contributed by atoms with Gasteiger partial charge >= 0.3 is 6.18 Å². The Morgan fingerprint density at radius 2 is 1.75 bits per heavy atom. The third kappa shape index (κ3) is 3.71. The Balaban J connectivity index is 2.13. The zero-order valence-electron chi connectivity index (χ0n) is 18.0. The molecular formula is C22H20F4N4OS. The molecule has 1 aliphatic rings. The number of alkyl halides is 3. The van der Waals surface area contributed by atoms with Gasteiger partial charge in [0.05, 0.1) is 29.2 Å². The molecule has 1 aromatic carbocycles. The summed E-state index contributed by atoms with van der Waals surface area (Å²) in [5, 5.41) is 8.79. The van der Waals surface area contributed by atoms with Crippen molar-refractivity contribution in [3.63, 3.8) is 0 Å². The van der Waals surface area contributed by atoms with E-state index >= 15 is 4.39 Å². The van der Waals surface area contributed by atoms with Crippen molar-refractivity contribution in [1.29, 1.82) is 5.26 Å². The Kier molecular flexibility index (Phi) is 5.54. The topological polar surface area (TPSA) is 60.2 Å². The van der Waals surface area contributed by atoms with Gasteiger partial charge in [0, 0.05) is 11.1 Å². The first-order chi connectivity index (χ1) is 14.6. The Bertz CT molecular complexity index is 1140. The van der Waals surface area contributed by atoms with Crippen molar-refractivity contribution in [3.05, 3.63) is 53.1 Å². The van der Waals surface area contributed by atoms with Crippen LogP contribution in [0.4, 0.5) is 28.9 Å². The summed E-state index contributed by atoms with van der Waals surface area (Å²) in [5.74, 6) is -2.44. The normalized spacial score (nSPS) is 16.5. The number of nitriles is 1. The van der Waals surface area contributed by atoms with Crippen LogP contribution in [0, 0.1) is 17.1 Å². The summed E-state index contributed by atoms with van der Waals surface area (Å²) in [4.78, 5) is 19.8. The summed E-state index contributed by atoms with van der Waals surface area (Å²) in [5.41, 5.74) is -3.59. The molecule has 0 bridgehead atoms. The highest BCUT2D eigenvalue weighted by Crippen LogP contribution is 2.41. The molecule has 0 aliphatic carbocycles. The minimum atomic E-state index is -5.13. The van der Waals surface area contributed by atoms with Crippen LogP contribution in [-0.4, -0.2) is 21.5 Å². The molecule has 3 rings (SSSR count). The first-order valence-electron chi connectivity index (χ1n) is 9.57. The first kappa shape index (κ1) is 23.6. The number of amides is 1. The summed E-state index contributed by atoms with van der Waals surface area (Å²) in [6, 6.07) is 6.59. The van der Waals surface area contributed by atoms with E-state index in [0.29, 0.717) is 5.69 Å². The molecule has 0 radical (unpaired) electrons. The average Bonchev–Trinajstić information content (AvgIpc) is 2.84. The van der Waals surface area contributed by atoms with Gasteiger partial charge in [-0.15, -0.1) is 0 Å². The van der Waals surface area contributed by atoms with Crippen molar-refractivity contribution in [3.8, 4) is 6.07 Å². The van der Waals surface area contributed by atoms with Gasteiger partial charge in [0.1, 0.15) is 11.1 Å². The van der Waals surface area contributed by atoms with Gasteiger partial charge in [-0.05, 0) is 50.3 Å². The fourth-order valence-corrected chi connectivity index (χ4v) is 4.03. The first-order valence-corrected chi connectivity index (χ1v) is 9.98. The summed E-state index contributed by atoms with van der Waals surface area (Å²) in [6.45, 7) is 9.01. The van der Waals surface area contributed by atoms with E-state index in [2.05, 4.69) is 4.98 Å². The molecule has 0 spiro atoms. The molecule has 1 amide bonds. The van der Waals surface area contributed by atoms with Gasteiger partial charge in [0.2, 0.25) is 0 Å². The summed E-state index contributed by atoms with van der Waals surface area (Å²) in [7, 11) is 0. The lowest BCUT2D eigenvalue weighted by molar-refractivity contribution is -0.140. The van der Waals surface area contributed by atoms with Crippen molar-refractivity contribution in [2.24, 2.45) is 0 Å². The van der Waals surface area contributed by atoms with Crippen molar-refractivity contribution < 1.29 is 22.4 Å². The Hall–Kier alpha value is -3.06. The summed E-state index contributed by atoms with van der Waals surface area (Å²) in [6.07, 6.45) is -3.61. The summed E-state index contributed by atoms with van der Waals surface area (Å²) >= 11 is 5.41. The van der Waals surface area contributed by atoms with E-state index in [9.17, 15) is 18.0 Å². The molecule has 0 N–H and O–H groups in total. The Morgan fingerprint density at radius 1 is 1.12 bits per heavy atom. The van der Waals surface area contributed by atoms with Crippen LogP contribution in [0.1, 0.15) is 51.4 Å². The third-order valence-electron chi connectivity index (χ3n) is 5.21. The number of thiocarbonyl (C=S) groups is 1. The fraction of sp³-hybridized carbons (Fsp3) is 0.364. The number of nitrogens with zero attached hydrogens (tertiary/aromatic N) is 4. The van der Waals surface area contributed by atoms with E-state index in [4.69, 9.17) is 17.5 Å². The van der Waals surface area contributed by atoms with Gasteiger partial charge in [-0.1, -0.05) is 20.8 Å². The molecule has 2 aromatic rings. The zero-order chi connectivity index (χ0) is 24.2. The lowest BCUT2D eigenvalue weighted by Crippen LogP contribution is -2.44. The lowest BCUT2D eigenvalue weighted by Gasteiger charge is -2.29. The highest BCUT2D eigenvalue weighted by Gasteiger charge is 2.52. The van der Waals surface area contributed by atoms with Crippen LogP contribution in [-0.2, 0) is 16.4 Å². The molecule has 0 unspecified atom stereocenters. The number of rotatable bonds is 2. The van der Waals surface area contributed by atoms with Crippen LogP contribution in [0.3, 0.4) is 0 Å². The molecule has 2 heterocycles. The van der Waals surface area contributed by atoms with E-state index < -0.39 is 40.3 Å². The van der Waals surface area contributed by atoms with Gasteiger partial charge in [0.15, 0.2) is 10.9 Å². The van der Waals surface area contributed by atoms with E-state index in [1.54, 1.807) is 12.1 Å². The van der Waals surface area contributed by atoms with Gasteiger partial charge in [0.25, 0.3) is 5.91 Å². The maximum Gasteiger partial charge on any atom is 0.420 e. The van der Waals surface area contributed by atoms with Gasteiger partial charge < -0.3 is 4.90 Å². The minimum Gasteiger partial charge on any atom is -0.302 e. The Morgan fingerprint density at radius 3 is 2.22 bits per heavy atom. The quantitative estimate of drug-likeness (QED) is 0.444. The predicted molar refractivity (Wildman–Crippen MR) is 116 cm³/mol. The molecular weight excluding hydrogens is 444 g/mol. The molecule has 10 heteroatoms. The number of benzene rings is 1. The third-order valence-corrected chi connectivity index (χ3v) is 5.57. The highest BCUT2D eigenvalue weighted by molar-refractivity contribution is 7.81. The van der Waals surface area contributed by atoms with Crippen molar-refractivity contribution in [1.82, 2.24) is 4.98 Å². The number of hydrogen-bond acceptors (Lipinski definition) is 4. The molecule has 1 aliphatic heterocycles. The SMILES string of the molecule is CC(C)(C)c1ccc(N2C(=S)N(c3ccc(C#N)c(C(F)(F)F)c3F)C(=O)C2(C)C)cn1. The van der Waals surface area contributed by atoms with Gasteiger partial charge in [-0.2, -0.15) is 18.4 Å². The van der Waals surface area contributed by atoms with Gasteiger partial charge in [-0.25, -0.2) is 4.39 Å². The standard InChI is InChI=1S/C22H20F4N4OS/c1-20(2,3)15-9-7-13(11-28-15)30-19(32)29(18(31)21(30,4)5)14-8-6-12(10-27)16(17(14)23)22(24,25)26/h6-9,11H,1-5H3. The number of anilines is 2. The number of halogens is 4. The number of carbonyl (C=O) groups excluding carboxylic acids is 1. The molecule has 1 aromatic heterocycles. The van der Waals surface area contributed by atoms with Crippen molar-refractivity contribution in [2.75, 3.05) is 9.80 Å². The lowest BCUT2D eigenvalue weighted by atomic mass is 9.91. The smallest absolute Gasteiger partial charge is 0.302 e. The second-order valence-electron chi connectivity index (χ2n) is 8.90. The fourth-order valence-electron chi connectivity index (χ4n) is 3.51. The largest absolute Gasteiger partial charge is 0.420 e. The average molecular weight is 464 g/mol. The Labute approximate surface area is 188 Å². The highest BCUT2D eigenvalue weighted by atomic mass is 32.1. The molecule has 32 heavy (non-hydrogen) atoms. The van der Waals surface area contributed by atoms with Gasteiger partial charge in [-0.3, -0.25) is 14.7 Å². The second kappa shape index (κ2) is 7.52. The number of aromatic nitrogens is 1. The minimum absolute atomic E-state index is 0.193. The van der Waals surface area contributed by atoms with Crippen LogP contribution >= 0.6 is 12.2 Å². The molecule has 0 atom stereocenters. The number of hydrogen-bond donors (Lipinski definition) is 0. The zero-order valence-corrected chi connectivity index (χ0v) is 18.8. The summed E-state index contributed by atoms with van der Waals surface area (Å²) < 4.78 is 55.3. The maximum atomic E-state index is 15.0. The molecule has 1 fully saturated rings. The van der Waals surface area contributed by atoms with Crippen LogP contribution in [0.5, 0.6) is 0 Å². The van der Waals surface area contributed by atoms with E-state index in [1.165, 1.54) is 31.0 Å². The van der Waals surface area contributed by atoms with E-state index in [-0.39, 0.29) is 10.5 Å². The van der Waals surface area contributed by atoms with E-state index in [1.807, 2.05) is 20.8 Å².